The summed E-state index contributed by atoms with van der Waals surface area (Å²) in [5.74, 6) is 1.69. The van der Waals surface area contributed by atoms with Crippen LogP contribution in [-0.4, -0.2) is 24.1 Å². The lowest BCUT2D eigenvalue weighted by atomic mass is 10.0. The standard InChI is InChI=1S/C59H35N5O/c1-2-19-41(20-3-1)63-49-26-11-8-21-42(49)44-24-14-25-46(55(44)63)58-60-57(40-30-29-36-15-4-5-16-37(36)33-40)61-59(62-58)47-31-32-51(54-45-23-10-13-28-53(45)65-56(47)54)64-50-27-12-9-22-43(50)48-34-38-17-6-7-18-39(38)35-52(48)64/h1-35H. The summed E-state index contributed by atoms with van der Waals surface area (Å²) in [4.78, 5) is 16.2. The first-order valence-corrected chi connectivity index (χ1v) is 21.9. The first-order valence-electron chi connectivity index (χ1n) is 21.9. The molecule has 0 atom stereocenters. The van der Waals surface area contributed by atoms with Crippen molar-refractivity contribution in [2.45, 2.75) is 0 Å². The number of furan rings is 1. The van der Waals surface area contributed by atoms with Gasteiger partial charge in [0.15, 0.2) is 17.5 Å². The van der Waals surface area contributed by atoms with Crippen LogP contribution < -0.4 is 0 Å². The highest BCUT2D eigenvalue weighted by Gasteiger charge is 2.25. The van der Waals surface area contributed by atoms with Gasteiger partial charge < -0.3 is 13.6 Å². The van der Waals surface area contributed by atoms with Crippen molar-refractivity contribution in [3.63, 3.8) is 0 Å². The smallest absolute Gasteiger partial charge is 0.167 e. The van der Waals surface area contributed by atoms with Crippen LogP contribution in [0.5, 0.6) is 0 Å². The van der Waals surface area contributed by atoms with Crippen molar-refractivity contribution in [3.8, 4) is 45.5 Å². The third-order valence-electron chi connectivity index (χ3n) is 13.1. The summed E-state index contributed by atoms with van der Waals surface area (Å²) in [7, 11) is 0. The minimum Gasteiger partial charge on any atom is -0.455 e. The van der Waals surface area contributed by atoms with Gasteiger partial charge >= 0.3 is 0 Å². The van der Waals surface area contributed by atoms with Crippen LogP contribution in [0.1, 0.15) is 0 Å². The summed E-state index contributed by atoms with van der Waals surface area (Å²) < 4.78 is 11.7. The molecule has 6 heteroatoms. The van der Waals surface area contributed by atoms with Crippen LogP contribution in [-0.2, 0) is 0 Å². The molecule has 0 bridgehead atoms. The van der Waals surface area contributed by atoms with E-state index in [1.165, 1.54) is 21.5 Å². The lowest BCUT2D eigenvalue weighted by molar-refractivity contribution is 0.669. The van der Waals surface area contributed by atoms with Crippen molar-refractivity contribution in [1.29, 1.82) is 0 Å². The second kappa shape index (κ2) is 13.8. The van der Waals surface area contributed by atoms with Gasteiger partial charge in [-0.1, -0.05) is 146 Å². The number of hydrogen-bond acceptors (Lipinski definition) is 4. The van der Waals surface area contributed by atoms with E-state index < -0.39 is 0 Å². The van der Waals surface area contributed by atoms with E-state index in [1.54, 1.807) is 0 Å². The second-order valence-corrected chi connectivity index (χ2v) is 16.8. The molecule has 6 nitrogen and oxygen atoms in total. The van der Waals surface area contributed by atoms with Crippen molar-refractivity contribution >= 4 is 87.1 Å². The predicted octanol–water partition coefficient (Wildman–Crippen LogP) is 15.3. The van der Waals surface area contributed by atoms with E-state index in [1.807, 2.05) is 12.1 Å². The average Bonchev–Trinajstić information content (AvgIpc) is 4.03. The van der Waals surface area contributed by atoms with Gasteiger partial charge in [0.1, 0.15) is 11.2 Å². The van der Waals surface area contributed by atoms with E-state index >= 15 is 0 Å². The van der Waals surface area contributed by atoms with Crippen LogP contribution in [0.3, 0.4) is 0 Å². The largest absolute Gasteiger partial charge is 0.455 e. The summed E-state index contributed by atoms with van der Waals surface area (Å²) in [6.45, 7) is 0. The van der Waals surface area contributed by atoms with Gasteiger partial charge in [0, 0.05) is 43.7 Å². The molecule has 0 saturated heterocycles. The highest BCUT2D eigenvalue weighted by atomic mass is 16.3. The van der Waals surface area contributed by atoms with Gasteiger partial charge in [0.2, 0.25) is 0 Å². The molecule has 0 saturated carbocycles. The molecule has 0 radical (unpaired) electrons. The molecule has 4 heterocycles. The number of hydrogen-bond donors (Lipinski definition) is 0. The molecular weight excluding hydrogens is 795 g/mol. The van der Waals surface area contributed by atoms with Crippen LogP contribution in [0, 0.1) is 0 Å². The molecule has 10 aromatic carbocycles. The Labute approximate surface area is 371 Å². The topological polar surface area (TPSA) is 61.7 Å². The Morgan fingerprint density at radius 2 is 0.954 bits per heavy atom. The Hall–Kier alpha value is -8.87. The maximum absolute atomic E-state index is 6.99. The van der Waals surface area contributed by atoms with Gasteiger partial charge in [-0.25, -0.2) is 15.0 Å². The molecule has 14 rings (SSSR count). The highest BCUT2D eigenvalue weighted by molar-refractivity contribution is 6.18. The van der Waals surface area contributed by atoms with Gasteiger partial charge in [0.05, 0.1) is 38.7 Å². The van der Waals surface area contributed by atoms with Gasteiger partial charge in [-0.2, -0.15) is 0 Å². The predicted molar refractivity (Wildman–Crippen MR) is 267 cm³/mol. The molecule has 14 aromatic rings. The summed E-state index contributed by atoms with van der Waals surface area (Å²) in [5.41, 5.74) is 10.6. The molecule has 0 aliphatic heterocycles. The lowest BCUT2D eigenvalue weighted by Gasteiger charge is -2.14. The normalized spacial score (nSPS) is 12.0. The molecule has 65 heavy (non-hydrogen) atoms. The lowest BCUT2D eigenvalue weighted by Crippen LogP contribution is -2.03. The van der Waals surface area contributed by atoms with E-state index in [0.717, 1.165) is 88.0 Å². The Bertz CT molecular complexity index is 4250. The fraction of sp³-hybridized carbons (Fsp3) is 0. The van der Waals surface area contributed by atoms with Crippen molar-refractivity contribution in [2.24, 2.45) is 0 Å². The summed E-state index contributed by atoms with van der Waals surface area (Å²) in [6.07, 6.45) is 0. The number of aromatic nitrogens is 5. The summed E-state index contributed by atoms with van der Waals surface area (Å²) >= 11 is 0. The molecule has 302 valence electrons. The maximum Gasteiger partial charge on any atom is 0.167 e. The average molecular weight is 830 g/mol. The highest BCUT2D eigenvalue weighted by Crippen LogP contribution is 2.44. The molecule has 4 aromatic heterocycles. The van der Waals surface area contributed by atoms with Crippen molar-refractivity contribution in [2.75, 3.05) is 0 Å². The van der Waals surface area contributed by atoms with Gasteiger partial charge in [-0.05, 0) is 88.3 Å². The SMILES string of the molecule is c1ccc(-n2c3ccccc3c3cccc(-c4nc(-c5ccc6ccccc6c5)nc(-c5ccc(-n6c7ccccc7c7cc8ccccc8cc76)c6c5oc5ccccc56)n4)c32)cc1. The summed E-state index contributed by atoms with van der Waals surface area (Å²) in [5, 5.41) is 11.4. The third kappa shape index (κ3) is 5.38. The molecule has 0 spiro atoms. The Morgan fingerprint density at radius 3 is 1.75 bits per heavy atom. The van der Waals surface area contributed by atoms with Crippen LogP contribution in [0.25, 0.3) is 133 Å². The zero-order valence-corrected chi connectivity index (χ0v) is 34.9. The van der Waals surface area contributed by atoms with Crippen molar-refractivity contribution < 1.29 is 4.42 Å². The molecule has 0 unspecified atom stereocenters. The Balaban J connectivity index is 1.07. The number of para-hydroxylation sites is 5. The Kier molecular flexibility index (Phi) is 7.59. The van der Waals surface area contributed by atoms with E-state index in [2.05, 4.69) is 209 Å². The molecule has 0 aliphatic rings. The van der Waals surface area contributed by atoms with Crippen molar-refractivity contribution in [1.82, 2.24) is 24.1 Å². The molecular formula is C59H35N5O. The zero-order chi connectivity index (χ0) is 42.6. The number of nitrogens with zero attached hydrogens (tertiary/aromatic N) is 5. The maximum atomic E-state index is 6.99. The molecule has 0 fully saturated rings. The van der Waals surface area contributed by atoms with Crippen LogP contribution in [0.4, 0.5) is 0 Å². The first kappa shape index (κ1) is 35.7. The number of benzene rings is 10. The van der Waals surface area contributed by atoms with E-state index in [4.69, 9.17) is 19.4 Å². The quantitative estimate of drug-likeness (QED) is 0.173. The monoisotopic (exact) mass is 829 g/mol. The fourth-order valence-corrected chi connectivity index (χ4v) is 10.2. The van der Waals surface area contributed by atoms with Gasteiger partial charge in [0.25, 0.3) is 0 Å². The van der Waals surface area contributed by atoms with E-state index in [0.29, 0.717) is 23.1 Å². The second-order valence-electron chi connectivity index (χ2n) is 16.8. The van der Waals surface area contributed by atoms with Crippen LogP contribution >= 0.6 is 0 Å². The van der Waals surface area contributed by atoms with E-state index in [-0.39, 0.29) is 0 Å². The fourth-order valence-electron chi connectivity index (χ4n) is 10.2. The third-order valence-corrected chi connectivity index (χ3v) is 13.1. The van der Waals surface area contributed by atoms with Gasteiger partial charge in [-0.15, -0.1) is 0 Å². The molecule has 0 aliphatic carbocycles. The minimum atomic E-state index is 0.529. The Morgan fingerprint density at radius 1 is 0.354 bits per heavy atom. The van der Waals surface area contributed by atoms with Gasteiger partial charge in [-0.3, -0.25) is 0 Å². The summed E-state index contributed by atoms with van der Waals surface area (Å²) in [6, 6.07) is 74.9. The van der Waals surface area contributed by atoms with Crippen LogP contribution in [0.2, 0.25) is 0 Å². The van der Waals surface area contributed by atoms with Crippen LogP contribution in [0.15, 0.2) is 217 Å². The van der Waals surface area contributed by atoms with Crippen molar-refractivity contribution in [3.05, 3.63) is 212 Å². The number of rotatable bonds is 5. The van der Waals surface area contributed by atoms with E-state index in [9.17, 15) is 0 Å². The molecule has 0 N–H and O–H groups in total. The zero-order valence-electron chi connectivity index (χ0n) is 34.9. The first-order chi connectivity index (χ1) is 32.2. The molecule has 0 amide bonds. The minimum absolute atomic E-state index is 0.529. The number of fused-ring (bicyclic) bond motifs is 11.